The van der Waals surface area contributed by atoms with Crippen LogP contribution in [0, 0.1) is 6.92 Å². The van der Waals surface area contributed by atoms with Gasteiger partial charge in [0.05, 0.1) is 0 Å². The lowest BCUT2D eigenvalue weighted by Crippen LogP contribution is -2.08. The molecule has 0 aliphatic rings. The Morgan fingerprint density at radius 2 is 1.94 bits per heavy atom. The Kier molecular flexibility index (Phi) is 3.59. The average molecular weight is 234 g/mol. The summed E-state index contributed by atoms with van der Waals surface area (Å²) in [6, 6.07) is 13.5. The Morgan fingerprint density at radius 1 is 1.19 bits per heavy atom. The van der Waals surface area contributed by atoms with Gasteiger partial charge in [-0.1, -0.05) is 18.2 Å². The van der Waals surface area contributed by atoms with Crippen molar-refractivity contribution in [3.8, 4) is 5.75 Å². The largest absolute Gasteiger partial charge is 0.490 e. The van der Waals surface area contributed by atoms with Crippen molar-refractivity contribution in [3.05, 3.63) is 52.2 Å². The van der Waals surface area contributed by atoms with Crippen LogP contribution in [0.4, 0.5) is 0 Å². The van der Waals surface area contributed by atoms with Gasteiger partial charge in [0.25, 0.3) is 0 Å². The van der Waals surface area contributed by atoms with Crippen molar-refractivity contribution in [1.82, 2.24) is 0 Å². The lowest BCUT2D eigenvalue weighted by molar-refractivity contribution is 0.111. The first kappa shape index (κ1) is 11.2. The third kappa shape index (κ3) is 2.84. The number of benzene rings is 1. The van der Waals surface area contributed by atoms with E-state index in [4.69, 9.17) is 4.74 Å². The summed E-state index contributed by atoms with van der Waals surface area (Å²) >= 11 is 1.60. The van der Waals surface area contributed by atoms with Gasteiger partial charge in [-0.05, 0) is 31.2 Å². The smallest absolute Gasteiger partial charge is 0.122 e. The van der Waals surface area contributed by atoms with Gasteiger partial charge in [0.2, 0.25) is 0 Å². The van der Waals surface area contributed by atoms with Crippen LogP contribution in [0.25, 0.3) is 0 Å². The average Bonchev–Trinajstić information content (AvgIpc) is 2.74. The molecule has 84 valence electrons. The van der Waals surface area contributed by atoms with E-state index in [-0.39, 0.29) is 0 Å². The van der Waals surface area contributed by atoms with Crippen LogP contribution in [0.5, 0.6) is 5.75 Å². The van der Waals surface area contributed by atoms with E-state index < -0.39 is 6.10 Å². The van der Waals surface area contributed by atoms with Gasteiger partial charge in [-0.25, -0.2) is 0 Å². The summed E-state index contributed by atoms with van der Waals surface area (Å²) < 4.78 is 5.49. The van der Waals surface area contributed by atoms with Crippen molar-refractivity contribution in [2.24, 2.45) is 0 Å². The van der Waals surface area contributed by atoms with Crippen molar-refractivity contribution in [2.75, 3.05) is 6.61 Å². The number of para-hydroxylation sites is 1. The molecule has 0 radical (unpaired) electrons. The Morgan fingerprint density at radius 3 is 2.56 bits per heavy atom. The molecule has 3 heteroatoms. The molecule has 2 aromatic rings. The number of aliphatic hydroxyl groups is 1. The quantitative estimate of drug-likeness (QED) is 0.880. The van der Waals surface area contributed by atoms with Crippen LogP contribution in [0.3, 0.4) is 0 Å². The molecule has 1 heterocycles. The molecule has 2 nitrogen and oxygen atoms in total. The molecule has 0 amide bonds. The molecule has 0 fully saturated rings. The standard InChI is InChI=1S/C13H14O2S/c1-10-7-8-13(16-10)12(14)9-15-11-5-3-2-4-6-11/h2-8,12,14H,9H2,1H3. The second-order valence-electron chi connectivity index (χ2n) is 3.59. The molecule has 1 atom stereocenters. The SMILES string of the molecule is Cc1ccc(C(O)COc2ccccc2)s1. The molecule has 16 heavy (non-hydrogen) atoms. The molecule has 0 aliphatic carbocycles. The molecule has 0 spiro atoms. The van der Waals surface area contributed by atoms with Gasteiger partial charge < -0.3 is 9.84 Å². The number of hydrogen-bond acceptors (Lipinski definition) is 3. The van der Waals surface area contributed by atoms with E-state index in [0.29, 0.717) is 6.61 Å². The second kappa shape index (κ2) is 5.14. The van der Waals surface area contributed by atoms with E-state index in [1.165, 1.54) is 4.88 Å². The maximum Gasteiger partial charge on any atom is 0.122 e. The summed E-state index contributed by atoms with van der Waals surface area (Å²) in [5.74, 6) is 0.787. The Hall–Kier alpha value is -1.32. The number of ether oxygens (including phenoxy) is 1. The highest BCUT2D eigenvalue weighted by Gasteiger charge is 2.10. The third-order valence-corrected chi connectivity index (χ3v) is 3.34. The van der Waals surface area contributed by atoms with Crippen LogP contribution in [0.15, 0.2) is 42.5 Å². The summed E-state index contributed by atoms with van der Waals surface area (Å²) in [6.45, 7) is 2.32. The van der Waals surface area contributed by atoms with Gasteiger partial charge in [0, 0.05) is 9.75 Å². The zero-order valence-corrected chi connectivity index (χ0v) is 9.91. The molecule has 1 aromatic heterocycles. The summed E-state index contributed by atoms with van der Waals surface area (Å²) in [5.41, 5.74) is 0. The minimum atomic E-state index is -0.543. The first-order chi connectivity index (χ1) is 7.75. The van der Waals surface area contributed by atoms with Crippen LogP contribution in [0.1, 0.15) is 15.9 Å². The molecular formula is C13H14O2S. The fraction of sp³-hybridized carbons (Fsp3) is 0.231. The highest BCUT2D eigenvalue weighted by Crippen LogP contribution is 2.23. The van der Waals surface area contributed by atoms with Crippen molar-refractivity contribution in [3.63, 3.8) is 0 Å². The molecule has 1 N–H and O–H groups in total. The van der Waals surface area contributed by atoms with E-state index >= 15 is 0 Å². The number of hydrogen-bond donors (Lipinski definition) is 1. The van der Waals surface area contributed by atoms with E-state index in [0.717, 1.165) is 10.6 Å². The van der Waals surface area contributed by atoms with Crippen molar-refractivity contribution in [1.29, 1.82) is 0 Å². The number of rotatable bonds is 4. The number of thiophene rings is 1. The first-order valence-electron chi connectivity index (χ1n) is 5.18. The number of aliphatic hydroxyl groups excluding tert-OH is 1. The fourth-order valence-electron chi connectivity index (χ4n) is 1.41. The van der Waals surface area contributed by atoms with Crippen LogP contribution < -0.4 is 4.74 Å². The van der Waals surface area contributed by atoms with Gasteiger partial charge in [-0.15, -0.1) is 11.3 Å². The molecule has 0 aliphatic heterocycles. The topological polar surface area (TPSA) is 29.5 Å². The van der Waals surface area contributed by atoms with E-state index in [2.05, 4.69) is 0 Å². The predicted molar refractivity (Wildman–Crippen MR) is 66.0 cm³/mol. The second-order valence-corrected chi connectivity index (χ2v) is 4.91. The van der Waals surface area contributed by atoms with Crippen LogP contribution in [-0.2, 0) is 0 Å². The van der Waals surface area contributed by atoms with Crippen molar-refractivity contribution < 1.29 is 9.84 Å². The number of aryl methyl sites for hydroxylation is 1. The van der Waals surface area contributed by atoms with E-state index in [1.54, 1.807) is 11.3 Å². The van der Waals surface area contributed by atoms with Gasteiger partial charge >= 0.3 is 0 Å². The van der Waals surface area contributed by atoms with Gasteiger partial charge in [0.15, 0.2) is 0 Å². The molecule has 1 unspecified atom stereocenters. The summed E-state index contributed by atoms with van der Waals surface area (Å²) in [7, 11) is 0. The van der Waals surface area contributed by atoms with Gasteiger partial charge in [0.1, 0.15) is 18.5 Å². The van der Waals surface area contributed by atoms with Crippen LogP contribution in [0.2, 0.25) is 0 Å². The van der Waals surface area contributed by atoms with E-state index in [9.17, 15) is 5.11 Å². The molecule has 1 aromatic carbocycles. The zero-order valence-electron chi connectivity index (χ0n) is 9.09. The van der Waals surface area contributed by atoms with E-state index in [1.807, 2.05) is 49.4 Å². The summed E-state index contributed by atoms with van der Waals surface area (Å²) in [5, 5.41) is 9.88. The van der Waals surface area contributed by atoms with Crippen LogP contribution >= 0.6 is 11.3 Å². The third-order valence-electron chi connectivity index (χ3n) is 2.24. The van der Waals surface area contributed by atoms with Gasteiger partial charge in [-0.2, -0.15) is 0 Å². The van der Waals surface area contributed by atoms with Crippen LogP contribution in [-0.4, -0.2) is 11.7 Å². The Bertz CT molecular complexity index is 436. The van der Waals surface area contributed by atoms with Gasteiger partial charge in [-0.3, -0.25) is 0 Å². The molecule has 0 bridgehead atoms. The maximum atomic E-state index is 9.88. The predicted octanol–water partition coefficient (Wildman–Crippen LogP) is 3.17. The lowest BCUT2D eigenvalue weighted by Gasteiger charge is -2.10. The Labute approximate surface area is 99.1 Å². The monoisotopic (exact) mass is 234 g/mol. The molecule has 2 rings (SSSR count). The summed E-state index contributed by atoms with van der Waals surface area (Å²) in [4.78, 5) is 2.15. The molecular weight excluding hydrogens is 220 g/mol. The maximum absolute atomic E-state index is 9.88. The lowest BCUT2D eigenvalue weighted by atomic mass is 10.3. The van der Waals surface area contributed by atoms with Crippen molar-refractivity contribution in [2.45, 2.75) is 13.0 Å². The normalized spacial score (nSPS) is 12.4. The van der Waals surface area contributed by atoms with Crippen molar-refractivity contribution >= 4 is 11.3 Å². The Balaban J connectivity index is 1.91. The highest BCUT2D eigenvalue weighted by atomic mass is 32.1. The first-order valence-corrected chi connectivity index (χ1v) is 5.99. The molecule has 0 saturated carbocycles. The summed E-state index contributed by atoms with van der Waals surface area (Å²) in [6.07, 6.45) is -0.543. The fourth-order valence-corrected chi connectivity index (χ4v) is 2.25. The minimum absolute atomic E-state index is 0.296. The molecule has 0 saturated heterocycles. The highest BCUT2D eigenvalue weighted by molar-refractivity contribution is 7.12. The minimum Gasteiger partial charge on any atom is -0.490 e. The zero-order chi connectivity index (χ0) is 11.4.